The monoisotopic (exact) mass is 408 g/mol. The third-order valence-electron chi connectivity index (χ3n) is 4.51. The summed E-state index contributed by atoms with van der Waals surface area (Å²) in [5.41, 5.74) is 1.60. The number of aromatic nitrogens is 3. The number of hydrogen-bond donors (Lipinski definition) is 2. The molecule has 0 unspecified atom stereocenters. The highest BCUT2D eigenvalue weighted by Gasteiger charge is 2.18. The number of nitrogens with zero attached hydrogens (tertiary/aromatic N) is 3. The fourth-order valence-corrected chi connectivity index (χ4v) is 2.94. The van der Waals surface area contributed by atoms with Crippen LogP contribution >= 0.6 is 0 Å². The van der Waals surface area contributed by atoms with Crippen molar-refractivity contribution in [1.29, 1.82) is 0 Å². The average Bonchev–Trinajstić information content (AvgIpc) is 3.22. The van der Waals surface area contributed by atoms with Gasteiger partial charge in [-0.3, -0.25) is 9.59 Å². The molecule has 0 radical (unpaired) electrons. The Kier molecular flexibility index (Phi) is 7.15. The fraction of sp³-hybridized carbons (Fsp3) is 0.273. The van der Waals surface area contributed by atoms with Crippen LogP contribution in [0.15, 0.2) is 54.6 Å². The highest BCUT2D eigenvalue weighted by atomic mass is 16.5. The van der Waals surface area contributed by atoms with Gasteiger partial charge in [0.2, 0.25) is 5.82 Å². The fourth-order valence-electron chi connectivity index (χ4n) is 2.94. The van der Waals surface area contributed by atoms with Gasteiger partial charge in [-0.2, -0.15) is 0 Å². The molecule has 1 heterocycles. The molecule has 0 saturated heterocycles. The smallest absolute Gasteiger partial charge is 0.303 e. The van der Waals surface area contributed by atoms with E-state index in [1.54, 1.807) is 11.8 Å². The first-order valence-corrected chi connectivity index (χ1v) is 9.75. The molecule has 0 fully saturated rings. The minimum absolute atomic E-state index is 0.0789. The second kappa shape index (κ2) is 10.2. The standard InChI is InChI=1S/C22H24N4O4/c1-30-18-13-11-17(12-14-18)26-21(16-8-4-2-5-9-16)24-20(25-26)22(29)23-15-7-3-6-10-19(27)28/h2,4-5,8-9,11-14H,3,6-7,10,15H2,1H3,(H,23,29)(H,27,28). The summed E-state index contributed by atoms with van der Waals surface area (Å²) < 4.78 is 6.84. The zero-order chi connectivity index (χ0) is 21.3. The molecule has 1 aromatic heterocycles. The number of amides is 1. The van der Waals surface area contributed by atoms with Crippen molar-refractivity contribution in [2.75, 3.05) is 13.7 Å². The van der Waals surface area contributed by atoms with Crippen LogP contribution < -0.4 is 10.1 Å². The molecular weight excluding hydrogens is 384 g/mol. The number of ether oxygens (including phenoxy) is 1. The first-order valence-electron chi connectivity index (χ1n) is 9.75. The van der Waals surface area contributed by atoms with Crippen molar-refractivity contribution >= 4 is 11.9 Å². The lowest BCUT2D eigenvalue weighted by atomic mass is 10.2. The number of carboxylic acids is 1. The van der Waals surface area contributed by atoms with Crippen molar-refractivity contribution in [3.8, 4) is 22.8 Å². The molecule has 0 bridgehead atoms. The van der Waals surface area contributed by atoms with Gasteiger partial charge < -0.3 is 15.2 Å². The lowest BCUT2D eigenvalue weighted by molar-refractivity contribution is -0.137. The molecule has 0 aliphatic rings. The van der Waals surface area contributed by atoms with Crippen LogP contribution in [0.25, 0.3) is 17.1 Å². The Balaban J connectivity index is 1.76. The molecule has 0 atom stereocenters. The zero-order valence-corrected chi connectivity index (χ0v) is 16.7. The number of carbonyl (C=O) groups excluding carboxylic acids is 1. The molecule has 3 rings (SSSR count). The second-order valence-electron chi connectivity index (χ2n) is 6.70. The van der Waals surface area contributed by atoms with Crippen LogP contribution in [-0.2, 0) is 4.79 Å². The third-order valence-corrected chi connectivity index (χ3v) is 4.51. The number of methoxy groups -OCH3 is 1. The van der Waals surface area contributed by atoms with Gasteiger partial charge in [0, 0.05) is 18.5 Å². The summed E-state index contributed by atoms with van der Waals surface area (Å²) in [4.78, 5) is 27.6. The second-order valence-corrected chi connectivity index (χ2v) is 6.70. The summed E-state index contributed by atoms with van der Waals surface area (Å²) in [6.45, 7) is 0.441. The van der Waals surface area contributed by atoms with E-state index in [-0.39, 0.29) is 18.2 Å². The average molecular weight is 408 g/mol. The number of rotatable bonds is 10. The predicted molar refractivity (Wildman–Crippen MR) is 112 cm³/mol. The highest BCUT2D eigenvalue weighted by molar-refractivity contribution is 5.91. The van der Waals surface area contributed by atoms with Gasteiger partial charge in [-0.25, -0.2) is 9.67 Å². The molecule has 8 heteroatoms. The molecule has 2 aromatic carbocycles. The molecule has 30 heavy (non-hydrogen) atoms. The summed E-state index contributed by atoms with van der Waals surface area (Å²) in [5, 5.41) is 15.9. The van der Waals surface area contributed by atoms with Crippen LogP contribution in [0.1, 0.15) is 36.3 Å². The van der Waals surface area contributed by atoms with Crippen molar-refractivity contribution in [3.05, 3.63) is 60.4 Å². The Morgan fingerprint density at radius 1 is 1.03 bits per heavy atom. The quantitative estimate of drug-likeness (QED) is 0.499. The number of nitrogens with one attached hydrogen (secondary N) is 1. The molecule has 2 N–H and O–H groups in total. The van der Waals surface area contributed by atoms with Crippen molar-refractivity contribution in [2.24, 2.45) is 0 Å². The minimum Gasteiger partial charge on any atom is -0.497 e. The van der Waals surface area contributed by atoms with E-state index in [2.05, 4.69) is 15.4 Å². The lowest BCUT2D eigenvalue weighted by Crippen LogP contribution is -2.25. The van der Waals surface area contributed by atoms with E-state index >= 15 is 0 Å². The topological polar surface area (TPSA) is 106 Å². The number of benzene rings is 2. The SMILES string of the molecule is COc1ccc(-n2nc(C(=O)NCCCCCC(=O)O)nc2-c2ccccc2)cc1. The van der Waals surface area contributed by atoms with Crippen molar-refractivity contribution in [3.63, 3.8) is 0 Å². The van der Waals surface area contributed by atoms with E-state index in [9.17, 15) is 9.59 Å². The number of carboxylic acid groups (broad SMARTS) is 1. The Morgan fingerprint density at radius 3 is 2.43 bits per heavy atom. The van der Waals surface area contributed by atoms with Gasteiger partial charge in [-0.1, -0.05) is 36.8 Å². The summed E-state index contributed by atoms with van der Waals surface area (Å²) >= 11 is 0. The number of aliphatic carboxylic acids is 1. The molecular formula is C22H24N4O4. The van der Waals surface area contributed by atoms with Crippen LogP contribution in [0.5, 0.6) is 5.75 Å². The minimum atomic E-state index is -0.805. The zero-order valence-electron chi connectivity index (χ0n) is 16.7. The predicted octanol–water partition coefficient (Wildman–Crippen LogP) is 3.32. The number of unbranched alkanes of at least 4 members (excludes halogenated alkanes) is 2. The maximum atomic E-state index is 12.6. The van der Waals surface area contributed by atoms with Gasteiger partial charge in [0.15, 0.2) is 5.82 Å². The molecule has 156 valence electrons. The first kappa shape index (κ1) is 21.0. The van der Waals surface area contributed by atoms with Crippen molar-refractivity contribution in [2.45, 2.75) is 25.7 Å². The Bertz CT molecular complexity index is 984. The van der Waals surface area contributed by atoms with Crippen LogP contribution in [0.4, 0.5) is 0 Å². The molecule has 3 aromatic rings. The maximum absolute atomic E-state index is 12.6. The van der Waals surface area contributed by atoms with Gasteiger partial charge in [0.05, 0.1) is 12.8 Å². The molecule has 0 saturated carbocycles. The van der Waals surface area contributed by atoms with Crippen molar-refractivity contribution < 1.29 is 19.4 Å². The molecule has 8 nitrogen and oxygen atoms in total. The molecule has 1 amide bonds. The lowest BCUT2D eigenvalue weighted by Gasteiger charge is -2.07. The molecule has 0 aliphatic carbocycles. The van der Waals surface area contributed by atoms with Crippen LogP contribution in [0, 0.1) is 0 Å². The largest absolute Gasteiger partial charge is 0.497 e. The number of carbonyl (C=O) groups is 2. The Hall–Kier alpha value is -3.68. The number of hydrogen-bond acceptors (Lipinski definition) is 5. The van der Waals surface area contributed by atoms with Gasteiger partial charge in [0.25, 0.3) is 5.91 Å². The van der Waals surface area contributed by atoms with Crippen LogP contribution in [0.3, 0.4) is 0 Å². The van der Waals surface area contributed by atoms with E-state index in [1.165, 1.54) is 0 Å². The third kappa shape index (κ3) is 5.44. The molecule has 0 aliphatic heterocycles. The normalized spacial score (nSPS) is 10.6. The Labute approximate surface area is 174 Å². The maximum Gasteiger partial charge on any atom is 0.303 e. The van der Waals surface area contributed by atoms with Gasteiger partial charge in [-0.15, -0.1) is 5.10 Å². The van der Waals surface area contributed by atoms with Crippen LogP contribution in [-0.4, -0.2) is 45.4 Å². The summed E-state index contributed by atoms with van der Waals surface area (Å²) in [5.74, 6) is 0.196. The summed E-state index contributed by atoms with van der Waals surface area (Å²) in [7, 11) is 1.60. The van der Waals surface area contributed by atoms with Gasteiger partial charge >= 0.3 is 5.97 Å². The van der Waals surface area contributed by atoms with E-state index in [1.807, 2.05) is 54.6 Å². The first-order chi connectivity index (χ1) is 14.6. The van der Waals surface area contributed by atoms with Gasteiger partial charge in [-0.05, 0) is 37.1 Å². The summed E-state index contributed by atoms with van der Waals surface area (Å²) in [6.07, 6.45) is 2.16. The van der Waals surface area contributed by atoms with E-state index in [4.69, 9.17) is 9.84 Å². The van der Waals surface area contributed by atoms with E-state index in [0.29, 0.717) is 25.2 Å². The molecule has 0 spiro atoms. The van der Waals surface area contributed by atoms with E-state index < -0.39 is 5.97 Å². The van der Waals surface area contributed by atoms with E-state index in [0.717, 1.165) is 23.4 Å². The van der Waals surface area contributed by atoms with Gasteiger partial charge in [0.1, 0.15) is 5.75 Å². The van der Waals surface area contributed by atoms with Crippen molar-refractivity contribution in [1.82, 2.24) is 20.1 Å². The Morgan fingerprint density at radius 2 is 1.77 bits per heavy atom. The summed E-state index contributed by atoms with van der Waals surface area (Å²) in [6, 6.07) is 16.9. The highest BCUT2D eigenvalue weighted by Crippen LogP contribution is 2.22. The van der Waals surface area contributed by atoms with Crippen LogP contribution in [0.2, 0.25) is 0 Å².